The number of carbonyl (C=O) groups is 2. The van der Waals surface area contributed by atoms with E-state index in [4.69, 9.17) is 9.26 Å². The molecule has 8 heteroatoms. The van der Waals surface area contributed by atoms with E-state index in [-0.39, 0.29) is 30.6 Å². The molecular weight excluding hydrogens is 408 g/mol. The molecule has 1 atom stereocenters. The number of rotatable bonds is 7. The first-order chi connectivity index (χ1) is 15.7. The summed E-state index contributed by atoms with van der Waals surface area (Å²) in [6.45, 7) is 5.27. The Morgan fingerprint density at radius 1 is 1.09 bits per heavy atom. The van der Waals surface area contributed by atoms with Crippen molar-refractivity contribution < 1.29 is 18.8 Å². The summed E-state index contributed by atoms with van der Waals surface area (Å²) >= 11 is 0. The molecule has 2 aliphatic heterocycles. The maximum Gasteiger partial charge on any atom is 0.231 e. The number of hydrogen-bond donors (Lipinski definition) is 0. The molecule has 0 saturated carbocycles. The molecular formula is C24H32N4O4. The van der Waals surface area contributed by atoms with Crippen LogP contribution in [0.5, 0.6) is 0 Å². The van der Waals surface area contributed by atoms with Crippen molar-refractivity contribution in [3.05, 3.63) is 42.0 Å². The summed E-state index contributed by atoms with van der Waals surface area (Å²) in [5.74, 6) is 1.72. The molecule has 1 aromatic carbocycles. The lowest BCUT2D eigenvalue weighted by atomic mass is 9.97. The summed E-state index contributed by atoms with van der Waals surface area (Å²) in [5.41, 5.74) is 0.863. The SMILES string of the molecule is CCN(C(=O)CCC(=O)N1CCCC(c2nc(C3CCOCC3)no2)C1)c1ccccc1. The van der Waals surface area contributed by atoms with Crippen molar-refractivity contribution >= 4 is 17.5 Å². The van der Waals surface area contributed by atoms with Gasteiger partial charge in [0.25, 0.3) is 0 Å². The zero-order chi connectivity index (χ0) is 22.3. The Morgan fingerprint density at radius 2 is 1.88 bits per heavy atom. The fourth-order valence-corrected chi connectivity index (χ4v) is 4.56. The van der Waals surface area contributed by atoms with Crippen LogP contribution in [0.25, 0.3) is 0 Å². The third-order valence-corrected chi connectivity index (χ3v) is 6.41. The van der Waals surface area contributed by atoms with Gasteiger partial charge in [0.1, 0.15) is 0 Å². The molecule has 4 rings (SSSR count). The maximum atomic E-state index is 12.9. The first-order valence-corrected chi connectivity index (χ1v) is 11.7. The minimum Gasteiger partial charge on any atom is -0.381 e. The van der Waals surface area contributed by atoms with Crippen molar-refractivity contribution in [1.82, 2.24) is 15.0 Å². The van der Waals surface area contributed by atoms with Crippen molar-refractivity contribution in [2.75, 3.05) is 37.7 Å². The normalized spacial score (nSPS) is 19.7. The van der Waals surface area contributed by atoms with Crippen molar-refractivity contribution in [3.63, 3.8) is 0 Å². The number of anilines is 1. The largest absolute Gasteiger partial charge is 0.381 e. The van der Waals surface area contributed by atoms with Gasteiger partial charge in [-0.25, -0.2) is 0 Å². The van der Waals surface area contributed by atoms with Crippen LogP contribution in [0.15, 0.2) is 34.9 Å². The van der Waals surface area contributed by atoms with Crippen LogP contribution in [0.2, 0.25) is 0 Å². The standard InChI is InChI=1S/C24H32N4O4/c1-2-28(20-8-4-3-5-9-20)22(30)11-10-21(29)27-14-6-7-19(17-27)24-25-23(26-32-24)18-12-15-31-16-13-18/h3-5,8-9,18-19H,2,6-7,10-17H2,1H3. The molecule has 172 valence electrons. The average molecular weight is 441 g/mol. The lowest BCUT2D eigenvalue weighted by molar-refractivity contribution is -0.134. The quantitative estimate of drug-likeness (QED) is 0.655. The minimum atomic E-state index is -0.0291. The molecule has 32 heavy (non-hydrogen) atoms. The van der Waals surface area contributed by atoms with Crippen LogP contribution in [0.1, 0.15) is 69.0 Å². The van der Waals surface area contributed by atoms with E-state index in [1.807, 2.05) is 42.2 Å². The number of aromatic nitrogens is 2. The summed E-state index contributed by atoms with van der Waals surface area (Å²) in [5, 5.41) is 4.21. The number of carbonyl (C=O) groups excluding carboxylic acids is 2. The molecule has 2 fully saturated rings. The van der Waals surface area contributed by atoms with Crippen LogP contribution in [-0.2, 0) is 14.3 Å². The zero-order valence-electron chi connectivity index (χ0n) is 18.7. The van der Waals surface area contributed by atoms with Gasteiger partial charge >= 0.3 is 0 Å². The molecule has 1 unspecified atom stereocenters. The highest BCUT2D eigenvalue weighted by Crippen LogP contribution is 2.30. The summed E-state index contributed by atoms with van der Waals surface area (Å²) in [4.78, 5) is 33.8. The minimum absolute atomic E-state index is 0.0105. The fourth-order valence-electron chi connectivity index (χ4n) is 4.56. The highest BCUT2D eigenvalue weighted by molar-refractivity contribution is 5.95. The van der Waals surface area contributed by atoms with E-state index in [0.29, 0.717) is 31.4 Å². The number of benzene rings is 1. The van der Waals surface area contributed by atoms with Gasteiger partial charge in [-0.15, -0.1) is 0 Å². The highest BCUT2D eigenvalue weighted by atomic mass is 16.5. The molecule has 0 N–H and O–H groups in total. The number of piperidine rings is 1. The van der Waals surface area contributed by atoms with E-state index >= 15 is 0 Å². The number of nitrogens with zero attached hydrogens (tertiary/aromatic N) is 4. The van der Waals surface area contributed by atoms with Gasteiger partial charge in [0, 0.05) is 57.3 Å². The zero-order valence-corrected chi connectivity index (χ0v) is 18.7. The van der Waals surface area contributed by atoms with Gasteiger partial charge in [-0.2, -0.15) is 4.98 Å². The summed E-state index contributed by atoms with van der Waals surface area (Å²) in [6, 6.07) is 9.58. The van der Waals surface area contributed by atoms with Crippen LogP contribution >= 0.6 is 0 Å². The van der Waals surface area contributed by atoms with Crippen LogP contribution in [-0.4, -0.2) is 59.7 Å². The maximum absolute atomic E-state index is 12.9. The predicted molar refractivity (Wildman–Crippen MR) is 119 cm³/mol. The topological polar surface area (TPSA) is 88.8 Å². The van der Waals surface area contributed by atoms with Gasteiger partial charge in [0.2, 0.25) is 17.7 Å². The Kier molecular flexibility index (Phi) is 7.52. The molecule has 0 bridgehead atoms. The summed E-state index contributed by atoms with van der Waals surface area (Å²) in [7, 11) is 0. The molecule has 0 radical (unpaired) electrons. The third kappa shape index (κ3) is 5.35. The van der Waals surface area contributed by atoms with Gasteiger partial charge < -0.3 is 19.1 Å². The highest BCUT2D eigenvalue weighted by Gasteiger charge is 2.30. The predicted octanol–water partition coefficient (Wildman–Crippen LogP) is 3.50. The molecule has 2 amide bonds. The van der Waals surface area contributed by atoms with E-state index in [9.17, 15) is 9.59 Å². The van der Waals surface area contributed by atoms with Gasteiger partial charge in [-0.3, -0.25) is 9.59 Å². The van der Waals surface area contributed by atoms with Gasteiger partial charge in [0.05, 0.1) is 5.92 Å². The number of hydrogen-bond acceptors (Lipinski definition) is 6. The van der Waals surface area contributed by atoms with Crippen molar-refractivity contribution in [1.29, 1.82) is 0 Å². The Morgan fingerprint density at radius 3 is 2.62 bits per heavy atom. The lowest BCUT2D eigenvalue weighted by Gasteiger charge is -2.31. The number of amides is 2. The molecule has 2 aliphatic rings. The number of para-hydroxylation sites is 1. The first-order valence-electron chi connectivity index (χ1n) is 11.7. The smallest absolute Gasteiger partial charge is 0.231 e. The van der Waals surface area contributed by atoms with Crippen LogP contribution in [0, 0.1) is 0 Å². The monoisotopic (exact) mass is 440 g/mol. The molecule has 8 nitrogen and oxygen atoms in total. The Labute approximate surface area is 188 Å². The molecule has 3 heterocycles. The van der Waals surface area contributed by atoms with Crippen molar-refractivity contribution in [2.45, 2.75) is 57.3 Å². The molecule has 2 saturated heterocycles. The summed E-state index contributed by atoms with van der Waals surface area (Å²) < 4.78 is 11.0. The van der Waals surface area contributed by atoms with Gasteiger partial charge in [0.15, 0.2) is 5.82 Å². The van der Waals surface area contributed by atoms with Gasteiger partial charge in [-0.05, 0) is 44.7 Å². The summed E-state index contributed by atoms with van der Waals surface area (Å²) in [6.07, 6.45) is 4.07. The van der Waals surface area contributed by atoms with Crippen LogP contribution in [0.4, 0.5) is 5.69 Å². The van der Waals surface area contributed by atoms with Crippen LogP contribution in [0.3, 0.4) is 0 Å². The second-order valence-electron chi connectivity index (χ2n) is 8.53. The molecule has 0 spiro atoms. The van der Waals surface area contributed by atoms with Crippen LogP contribution < -0.4 is 4.90 Å². The lowest BCUT2D eigenvalue weighted by Crippen LogP contribution is -2.40. The van der Waals surface area contributed by atoms with E-state index in [1.54, 1.807) is 4.90 Å². The molecule has 2 aromatic rings. The van der Waals surface area contributed by atoms with E-state index in [2.05, 4.69) is 10.1 Å². The average Bonchev–Trinajstić information content (AvgIpc) is 3.35. The Hall–Kier alpha value is -2.74. The van der Waals surface area contributed by atoms with Gasteiger partial charge in [-0.1, -0.05) is 23.4 Å². The second kappa shape index (κ2) is 10.7. The molecule has 1 aromatic heterocycles. The Balaban J connectivity index is 1.31. The van der Waals surface area contributed by atoms with Crippen molar-refractivity contribution in [3.8, 4) is 0 Å². The van der Waals surface area contributed by atoms with Crippen molar-refractivity contribution in [2.24, 2.45) is 0 Å². The molecule has 0 aliphatic carbocycles. The number of ether oxygens (including phenoxy) is 1. The van der Waals surface area contributed by atoms with E-state index < -0.39 is 0 Å². The second-order valence-corrected chi connectivity index (χ2v) is 8.53. The number of likely N-dealkylation sites (tertiary alicyclic amines) is 1. The first kappa shape index (κ1) is 22.5. The third-order valence-electron chi connectivity index (χ3n) is 6.41. The van der Waals surface area contributed by atoms with E-state index in [1.165, 1.54) is 0 Å². The van der Waals surface area contributed by atoms with E-state index in [0.717, 1.165) is 50.4 Å². The fraction of sp³-hybridized carbons (Fsp3) is 0.583. The Bertz CT molecular complexity index is 894.